The van der Waals surface area contributed by atoms with E-state index in [9.17, 15) is 17.6 Å². The molecule has 0 bridgehead atoms. The van der Waals surface area contributed by atoms with Crippen LogP contribution in [0, 0.1) is 5.82 Å². The summed E-state index contributed by atoms with van der Waals surface area (Å²) >= 11 is 12.6. The molecule has 9 heteroatoms. The van der Waals surface area contributed by atoms with Gasteiger partial charge in [-0.25, -0.2) is 17.6 Å². The Hall–Kier alpha value is -2.87. The first-order valence-corrected chi connectivity index (χ1v) is 15.3. The number of amides is 1. The SMILES string of the molecule is CC(C)(C)OC(=O)N1CC[C@@]2(S(=O)(=O)c3ccc(F)cc3)c3ccc(/C=C/c4c(Cl)cccc4Cl)cc3CC[C@@H]12. The number of sulfone groups is 1. The first-order valence-electron chi connectivity index (χ1n) is 13.1. The first kappa shape index (κ1) is 28.7. The van der Waals surface area contributed by atoms with Gasteiger partial charge in [0.05, 0.1) is 10.9 Å². The summed E-state index contributed by atoms with van der Waals surface area (Å²) in [5.41, 5.74) is 2.39. The van der Waals surface area contributed by atoms with Gasteiger partial charge in [-0.05, 0) is 93.1 Å². The normalized spacial score (nSPS) is 20.9. The van der Waals surface area contributed by atoms with E-state index in [1.165, 1.54) is 12.1 Å². The van der Waals surface area contributed by atoms with Crippen molar-refractivity contribution in [1.82, 2.24) is 4.90 Å². The van der Waals surface area contributed by atoms with Crippen LogP contribution in [-0.4, -0.2) is 37.6 Å². The highest BCUT2D eigenvalue weighted by molar-refractivity contribution is 7.92. The van der Waals surface area contributed by atoms with Crippen LogP contribution in [-0.2, 0) is 25.7 Å². The Bertz CT molecular complexity index is 1580. The van der Waals surface area contributed by atoms with E-state index in [0.29, 0.717) is 34.0 Å². The van der Waals surface area contributed by atoms with Crippen LogP contribution in [0.5, 0.6) is 0 Å². The third-order valence-corrected chi connectivity index (χ3v) is 10.8. The van der Waals surface area contributed by atoms with E-state index in [4.69, 9.17) is 27.9 Å². The number of ether oxygens (including phenoxy) is 1. The second-order valence-electron chi connectivity index (χ2n) is 11.2. The number of carbonyl (C=O) groups is 1. The van der Waals surface area contributed by atoms with E-state index >= 15 is 0 Å². The molecule has 5 nitrogen and oxygen atoms in total. The molecule has 1 aliphatic heterocycles. The fourth-order valence-corrected chi connectivity index (χ4v) is 8.75. The summed E-state index contributed by atoms with van der Waals surface area (Å²) in [5.74, 6) is -0.520. The van der Waals surface area contributed by atoms with E-state index in [2.05, 4.69) is 0 Å². The lowest BCUT2D eigenvalue weighted by Gasteiger charge is -2.42. The highest BCUT2D eigenvalue weighted by Crippen LogP contribution is 2.53. The van der Waals surface area contributed by atoms with Gasteiger partial charge in [0, 0.05) is 22.2 Å². The highest BCUT2D eigenvalue weighted by atomic mass is 35.5. The minimum Gasteiger partial charge on any atom is -0.444 e. The van der Waals surface area contributed by atoms with Gasteiger partial charge in [0.15, 0.2) is 9.84 Å². The summed E-state index contributed by atoms with van der Waals surface area (Å²) < 4.78 is 46.9. The summed E-state index contributed by atoms with van der Waals surface area (Å²) in [6.45, 7) is 5.58. The van der Waals surface area contributed by atoms with Gasteiger partial charge in [-0.3, -0.25) is 0 Å². The lowest BCUT2D eigenvalue weighted by Crippen LogP contribution is -2.52. The molecule has 1 heterocycles. The molecule has 2 aliphatic rings. The maximum atomic E-state index is 14.4. The van der Waals surface area contributed by atoms with E-state index in [-0.39, 0.29) is 17.9 Å². The minimum absolute atomic E-state index is 0.0233. The van der Waals surface area contributed by atoms with E-state index in [0.717, 1.165) is 23.3 Å². The molecule has 0 aromatic heterocycles. The van der Waals surface area contributed by atoms with Crippen molar-refractivity contribution in [2.24, 2.45) is 0 Å². The molecule has 0 N–H and O–H groups in total. The summed E-state index contributed by atoms with van der Waals surface area (Å²) in [6.07, 6.45) is 4.41. The molecular weight excluding hydrogens is 572 g/mol. The van der Waals surface area contributed by atoms with Gasteiger partial charge in [0.1, 0.15) is 16.2 Å². The van der Waals surface area contributed by atoms with Gasteiger partial charge in [0.2, 0.25) is 0 Å². The monoisotopic (exact) mass is 601 g/mol. The number of hydrogen-bond donors (Lipinski definition) is 0. The van der Waals surface area contributed by atoms with Crippen molar-refractivity contribution in [1.29, 1.82) is 0 Å². The van der Waals surface area contributed by atoms with Gasteiger partial charge < -0.3 is 9.64 Å². The minimum atomic E-state index is -4.05. The van der Waals surface area contributed by atoms with Crippen molar-refractivity contribution in [3.8, 4) is 0 Å². The molecule has 3 aromatic rings. The Kier molecular flexibility index (Phi) is 7.53. The van der Waals surface area contributed by atoms with Crippen LogP contribution in [0.25, 0.3) is 12.2 Å². The van der Waals surface area contributed by atoms with Crippen LogP contribution in [0.4, 0.5) is 9.18 Å². The molecule has 1 aliphatic carbocycles. The molecule has 1 fully saturated rings. The number of hydrogen-bond acceptors (Lipinski definition) is 4. The Labute approximate surface area is 244 Å². The molecule has 1 saturated heterocycles. The molecular formula is C31H30Cl2FNO4S. The molecule has 0 spiro atoms. The molecule has 1 amide bonds. The number of fused-ring (bicyclic) bond motifs is 3. The lowest BCUT2D eigenvalue weighted by molar-refractivity contribution is 0.0202. The van der Waals surface area contributed by atoms with E-state index in [1.807, 2.05) is 30.4 Å². The number of rotatable bonds is 4. The Morgan fingerprint density at radius 1 is 1.05 bits per heavy atom. The largest absolute Gasteiger partial charge is 0.444 e. The molecule has 0 unspecified atom stereocenters. The molecule has 0 saturated carbocycles. The second-order valence-corrected chi connectivity index (χ2v) is 14.2. The topological polar surface area (TPSA) is 63.7 Å². The van der Waals surface area contributed by atoms with Crippen molar-refractivity contribution in [2.45, 2.75) is 61.3 Å². The summed E-state index contributed by atoms with van der Waals surface area (Å²) in [6, 6.07) is 15.2. The summed E-state index contributed by atoms with van der Waals surface area (Å²) in [5, 5.41) is 1.06. The lowest BCUT2D eigenvalue weighted by atomic mass is 9.78. The zero-order chi connectivity index (χ0) is 28.9. The van der Waals surface area contributed by atoms with Crippen LogP contribution in [0.1, 0.15) is 55.9 Å². The number of halogens is 3. The summed E-state index contributed by atoms with van der Waals surface area (Å²) in [4.78, 5) is 14.8. The second kappa shape index (κ2) is 10.5. The number of aryl methyl sites for hydroxylation is 1. The van der Waals surface area contributed by atoms with Crippen molar-refractivity contribution >= 4 is 51.3 Å². The zero-order valence-electron chi connectivity index (χ0n) is 22.5. The predicted octanol–water partition coefficient (Wildman–Crippen LogP) is 7.93. The van der Waals surface area contributed by atoms with E-state index in [1.54, 1.807) is 43.9 Å². The maximum Gasteiger partial charge on any atom is 0.410 e. The van der Waals surface area contributed by atoms with Gasteiger partial charge in [-0.2, -0.15) is 0 Å². The smallest absolute Gasteiger partial charge is 0.410 e. The Morgan fingerprint density at radius 2 is 1.73 bits per heavy atom. The van der Waals surface area contributed by atoms with Crippen molar-refractivity contribution in [3.05, 3.63) is 98.8 Å². The fraction of sp³-hybridized carbons (Fsp3) is 0.323. The van der Waals surface area contributed by atoms with Crippen LogP contribution in [0.15, 0.2) is 65.6 Å². The number of benzene rings is 3. The Morgan fingerprint density at radius 3 is 2.38 bits per heavy atom. The molecule has 3 aromatic carbocycles. The number of nitrogens with zero attached hydrogens (tertiary/aromatic N) is 1. The van der Waals surface area contributed by atoms with Crippen LogP contribution in [0.2, 0.25) is 10.0 Å². The first-order chi connectivity index (χ1) is 18.8. The highest BCUT2D eigenvalue weighted by Gasteiger charge is 2.61. The van der Waals surface area contributed by atoms with Gasteiger partial charge in [0.25, 0.3) is 0 Å². The predicted molar refractivity (Wildman–Crippen MR) is 157 cm³/mol. The van der Waals surface area contributed by atoms with Crippen LogP contribution >= 0.6 is 23.2 Å². The third kappa shape index (κ3) is 5.04. The van der Waals surface area contributed by atoms with E-state index < -0.39 is 38.1 Å². The zero-order valence-corrected chi connectivity index (χ0v) is 24.8. The number of likely N-dealkylation sites (tertiary alicyclic amines) is 1. The van der Waals surface area contributed by atoms with Gasteiger partial charge in [-0.15, -0.1) is 0 Å². The molecule has 210 valence electrons. The van der Waals surface area contributed by atoms with Crippen LogP contribution in [0.3, 0.4) is 0 Å². The average Bonchev–Trinajstić information content (AvgIpc) is 3.29. The number of carbonyl (C=O) groups excluding carboxylic acids is 1. The van der Waals surface area contributed by atoms with Crippen molar-refractivity contribution in [2.75, 3.05) is 6.54 Å². The molecule has 2 atom stereocenters. The van der Waals surface area contributed by atoms with Gasteiger partial charge >= 0.3 is 6.09 Å². The molecule has 40 heavy (non-hydrogen) atoms. The maximum absolute atomic E-state index is 14.4. The van der Waals surface area contributed by atoms with Crippen molar-refractivity contribution in [3.63, 3.8) is 0 Å². The van der Waals surface area contributed by atoms with Gasteiger partial charge in [-0.1, -0.05) is 59.6 Å². The Balaban J connectivity index is 1.60. The van der Waals surface area contributed by atoms with Crippen molar-refractivity contribution < 1.29 is 22.3 Å². The summed E-state index contributed by atoms with van der Waals surface area (Å²) in [7, 11) is -4.05. The third-order valence-electron chi connectivity index (χ3n) is 7.58. The molecule has 0 radical (unpaired) electrons. The van der Waals surface area contributed by atoms with Crippen LogP contribution < -0.4 is 0 Å². The quantitative estimate of drug-likeness (QED) is 0.225. The molecule has 5 rings (SSSR count). The fourth-order valence-electron chi connectivity index (χ4n) is 5.86. The average molecular weight is 603 g/mol. The standard InChI is InChI=1S/C31H30Cl2FNO4S/c1-30(2,3)39-29(36)35-18-17-31(40(37,38)23-12-10-22(34)11-13-23)25-15-8-20(19-21(25)9-16-28(31)35)7-14-24-26(32)5-4-6-27(24)33/h4-8,10-15,19,28H,9,16-18H2,1-3H3/b14-7+/t28-,31-/m1/s1.